The molecule has 0 aromatic carbocycles. The van der Waals surface area contributed by atoms with Crippen molar-refractivity contribution in [3.05, 3.63) is 11.8 Å². The van der Waals surface area contributed by atoms with Crippen molar-refractivity contribution >= 4 is 22.8 Å². The summed E-state index contributed by atoms with van der Waals surface area (Å²) in [6.45, 7) is 4.23. The highest BCUT2D eigenvalue weighted by Crippen LogP contribution is 2.29. The lowest BCUT2D eigenvalue weighted by Crippen LogP contribution is -2.36. The van der Waals surface area contributed by atoms with Crippen molar-refractivity contribution in [1.82, 2.24) is 10.6 Å². The number of carbonyl (C=O) groups is 1. The molecule has 4 nitrogen and oxygen atoms in total. The number of amidine groups is 1. The number of halogens is 3. The molecule has 0 aliphatic carbocycles. The highest BCUT2D eigenvalue weighted by Gasteiger charge is 2.35. The molecule has 0 unspecified atom stereocenters. The predicted octanol–water partition coefficient (Wildman–Crippen LogP) is 1.90. The molecule has 0 aromatic rings. The summed E-state index contributed by atoms with van der Waals surface area (Å²) in [5, 5.41) is 5.67. The number of rotatable bonds is 4. The minimum absolute atomic E-state index is 0.0871. The molecule has 0 spiro atoms. The number of hydrogen-bond acceptors (Lipinski definition) is 4. The third kappa shape index (κ3) is 5.54. The molecule has 2 N–H and O–H groups in total. The summed E-state index contributed by atoms with van der Waals surface area (Å²) in [5.41, 5.74) is -0.875. The molecule has 0 saturated heterocycles. The van der Waals surface area contributed by atoms with Crippen LogP contribution in [0.5, 0.6) is 0 Å². The zero-order valence-corrected chi connectivity index (χ0v) is 11.5. The zero-order valence-electron chi connectivity index (χ0n) is 10.7. The Morgan fingerprint density at radius 1 is 1.47 bits per heavy atom. The van der Waals surface area contributed by atoms with Crippen LogP contribution in [0.15, 0.2) is 16.8 Å². The molecule has 1 aliphatic heterocycles. The van der Waals surface area contributed by atoms with Gasteiger partial charge in [0.2, 0.25) is 5.91 Å². The molecule has 108 valence electrons. The molecule has 0 saturated carbocycles. The number of thioether (sulfide) groups is 1. The summed E-state index contributed by atoms with van der Waals surface area (Å²) in [6.07, 6.45) is -3.36. The third-order valence-corrected chi connectivity index (χ3v) is 3.08. The summed E-state index contributed by atoms with van der Waals surface area (Å²) >= 11 is 1.20. The number of amides is 1. The molecule has 0 fully saturated rings. The Balaban J connectivity index is 2.36. The second-order valence-corrected chi connectivity index (χ2v) is 5.20. The molecular formula is C11H16F3N3OS. The lowest BCUT2D eigenvalue weighted by molar-refractivity contribution is -0.123. The zero-order chi connectivity index (χ0) is 14.5. The first-order valence-corrected chi connectivity index (χ1v) is 6.79. The van der Waals surface area contributed by atoms with Gasteiger partial charge in [0.1, 0.15) is 5.70 Å². The van der Waals surface area contributed by atoms with Crippen molar-refractivity contribution in [1.29, 1.82) is 0 Å². The van der Waals surface area contributed by atoms with Crippen LogP contribution in [-0.4, -0.2) is 36.1 Å². The van der Waals surface area contributed by atoms with E-state index in [-0.39, 0.29) is 22.7 Å². The first-order valence-electron chi connectivity index (χ1n) is 5.81. The smallest absolute Gasteiger partial charge is 0.363 e. The van der Waals surface area contributed by atoms with E-state index in [0.29, 0.717) is 13.1 Å². The average Bonchev–Trinajstić information content (AvgIpc) is 2.33. The van der Waals surface area contributed by atoms with Crippen LogP contribution in [0.25, 0.3) is 0 Å². The van der Waals surface area contributed by atoms with Crippen LogP contribution in [0, 0.1) is 5.92 Å². The Kier molecular flexibility index (Phi) is 5.71. The van der Waals surface area contributed by atoms with E-state index < -0.39 is 11.9 Å². The highest BCUT2D eigenvalue weighted by molar-refractivity contribution is 8.14. The summed E-state index contributed by atoms with van der Waals surface area (Å²) in [6, 6.07) is 0. The van der Waals surface area contributed by atoms with Crippen molar-refractivity contribution in [3.63, 3.8) is 0 Å². The van der Waals surface area contributed by atoms with Gasteiger partial charge in [-0.1, -0.05) is 25.6 Å². The Morgan fingerprint density at radius 3 is 2.74 bits per heavy atom. The van der Waals surface area contributed by atoms with E-state index in [9.17, 15) is 18.0 Å². The van der Waals surface area contributed by atoms with Crippen LogP contribution in [0.3, 0.4) is 0 Å². The fourth-order valence-electron chi connectivity index (χ4n) is 1.22. The minimum atomic E-state index is -4.42. The molecule has 0 bridgehead atoms. The van der Waals surface area contributed by atoms with Crippen molar-refractivity contribution in [2.75, 3.05) is 18.8 Å². The fraction of sp³-hybridized carbons (Fsp3) is 0.636. The quantitative estimate of drug-likeness (QED) is 0.779. The van der Waals surface area contributed by atoms with E-state index in [0.717, 1.165) is 6.08 Å². The predicted molar refractivity (Wildman–Crippen MR) is 69.9 cm³/mol. The van der Waals surface area contributed by atoms with Crippen molar-refractivity contribution < 1.29 is 18.0 Å². The van der Waals surface area contributed by atoms with Gasteiger partial charge in [-0.05, 0) is 6.08 Å². The van der Waals surface area contributed by atoms with Gasteiger partial charge in [0.05, 0.1) is 0 Å². The highest BCUT2D eigenvalue weighted by atomic mass is 32.2. The van der Waals surface area contributed by atoms with Crippen molar-refractivity contribution in [2.45, 2.75) is 20.0 Å². The van der Waals surface area contributed by atoms with E-state index in [1.54, 1.807) is 13.8 Å². The van der Waals surface area contributed by atoms with E-state index >= 15 is 0 Å². The van der Waals surface area contributed by atoms with Gasteiger partial charge in [0.15, 0.2) is 5.17 Å². The Bertz CT molecular complexity index is 391. The SMILES string of the molecule is CC(C)C(=O)NCCNC1=NC(C(F)(F)F)=CCS1. The number of allylic oxidation sites excluding steroid dienone is 1. The number of aliphatic imine (C=N–C) groups is 1. The number of hydrogen-bond donors (Lipinski definition) is 2. The normalized spacial score (nSPS) is 15.9. The molecular weight excluding hydrogens is 279 g/mol. The van der Waals surface area contributed by atoms with Crippen LogP contribution in [0.2, 0.25) is 0 Å². The second-order valence-electron chi connectivity index (χ2n) is 4.19. The molecule has 8 heteroatoms. The van der Waals surface area contributed by atoms with Crippen LogP contribution in [0.4, 0.5) is 13.2 Å². The standard InChI is InChI=1S/C11H16F3N3OS/c1-7(2)9(18)15-4-5-16-10-17-8(3-6-19-10)11(12,13)14/h3,7H,4-6H2,1-2H3,(H,15,18)(H,16,17). The Hall–Kier alpha value is -1.18. The largest absolute Gasteiger partial charge is 0.433 e. The van der Waals surface area contributed by atoms with Gasteiger partial charge in [-0.15, -0.1) is 0 Å². The second kappa shape index (κ2) is 6.83. The number of alkyl halides is 3. The minimum Gasteiger partial charge on any atom is -0.363 e. The first-order chi connectivity index (χ1) is 8.80. The van der Waals surface area contributed by atoms with Crippen LogP contribution in [-0.2, 0) is 4.79 Å². The van der Waals surface area contributed by atoms with Crippen molar-refractivity contribution in [3.8, 4) is 0 Å². The van der Waals surface area contributed by atoms with E-state index in [2.05, 4.69) is 15.6 Å². The maximum absolute atomic E-state index is 12.4. The molecule has 1 rings (SSSR count). The van der Waals surface area contributed by atoms with Gasteiger partial charge in [0.25, 0.3) is 0 Å². The van der Waals surface area contributed by atoms with Gasteiger partial charge in [-0.25, -0.2) is 4.99 Å². The summed E-state index contributed by atoms with van der Waals surface area (Å²) in [5.74, 6) is 0.0380. The van der Waals surface area contributed by atoms with Crippen LogP contribution < -0.4 is 10.6 Å². The van der Waals surface area contributed by atoms with E-state index in [1.807, 2.05) is 0 Å². The van der Waals surface area contributed by atoms with Gasteiger partial charge in [-0.3, -0.25) is 4.79 Å². The average molecular weight is 295 g/mol. The van der Waals surface area contributed by atoms with Gasteiger partial charge in [0, 0.05) is 24.8 Å². The van der Waals surface area contributed by atoms with Gasteiger partial charge < -0.3 is 10.6 Å². The first kappa shape index (κ1) is 15.9. The molecule has 0 radical (unpaired) electrons. The number of nitrogens with one attached hydrogen (secondary N) is 2. The van der Waals surface area contributed by atoms with E-state index in [4.69, 9.17) is 0 Å². The Labute approximate surface area is 113 Å². The lowest BCUT2D eigenvalue weighted by atomic mass is 10.2. The van der Waals surface area contributed by atoms with Gasteiger partial charge >= 0.3 is 6.18 Å². The summed E-state index contributed by atoms with van der Waals surface area (Å²) in [7, 11) is 0. The molecule has 19 heavy (non-hydrogen) atoms. The van der Waals surface area contributed by atoms with Crippen LogP contribution in [0.1, 0.15) is 13.8 Å². The topological polar surface area (TPSA) is 53.5 Å². The number of carbonyl (C=O) groups excluding carboxylic acids is 1. The number of nitrogens with zero attached hydrogens (tertiary/aromatic N) is 1. The van der Waals surface area contributed by atoms with Crippen molar-refractivity contribution in [2.24, 2.45) is 10.9 Å². The third-order valence-electron chi connectivity index (χ3n) is 2.23. The molecule has 0 aromatic heterocycles. The van der Waals surface area contributed by atoms with E-state index in [1.165, 1.54) is 11.8 Å². The molecule has 1 amide bonds. The fourth-order valence-corrected chi connectivity index (χ4v) is 1.98. The van der Waals surface area contributed by atoms with Gasteiger partial charge in [-0.2, -0.15) is 13.2 Å². The molecule has 0 atom stereocenters. The molecule has 1 heterocycles. The maximum Gasteiger partial charge on any atom is 0.433 e. The lowest BCUT2D eigenvalue weighted by Gasteiger charge is -2.16. The monoisotopic (exact) mass is 295 g/mol. The maximum atomic E-state index is 12.4. The summed E-state index contributed by atoms with van der Waals surface area (Å²) in [4.78, 5) is 14.7. The molecule has 1 aliphatic rings. The van der Waals surface area contributed by atoms with Crippen LogP contribution >= 0.6 is 11.8 Å². The summed E-state index contributed by atoms with van der Waals surface area (Å²) < 4.78 is 37.3. The Morgan fingerprint density at radius 2 is 2.16 bits per heavy atom.